The van der Waals surface area contributed by atoms with E-state index in [1.165, 1.54) is 14.0 Å². The van der Waals surface area contributed by atoms with Gasteiger partial charge in [0.1, 0.15) is 12.4 Å². The van der Waals surface area contributed by atoms with Crippen molar-refractivity contribution < 1.29 is 24.2 Å². The van der Waals surface area contributed by atoms with Crippen molar-refractivity contribution in [3.63, 3.8) is 0 Å². The molecule has 2 atom stereocenters. The number of amides is 1. The third kappa shape index (κ3) is 5.22. The summed E-state index contributed by atoms with van der Waals surface area (Å²) < 4.78 is 10.2. The standard InChI is InChI=1S/C19H22N2O5/c1-12(22)17(19(24)25-2)21-18(23)14-5-3-13(4-6-14)11-26-16-9-7-15(20)8-10-16/h3-10,12,17,22H,11,20H2,1-2H3,(H,21,23)/t12-,17+/m1/s1. The van der Waals surface area contributed by atoms with Crippen molar-refractivity contribution in [2.45, 2.75) is 25.7 Å². The summed E-state index contributed by atoms with van der Waals surface area (Å²) in [5, 5.41) is 12.1. The van der Waals surface area contributed by atoms with Gasteiger partial charge in [-0.1, -0.05) is 12.1 Å². The number of carbonyl (C=O) groups excluding carboxylic acids is 2. The Morgan fingerprint density at radius 3 is 2.27 bits per heavy atom. The number of ether oxygens (including phenoxy) is 2. The number of aliphatic hydroxyl groups excluding tert-OH is 1. The summed E-state index contributed by atoms with van der Waals surface area (Å²) >= 11 is 0. The summed E-state index contributed by atoms with van der Waals surface area (Å²) in [6.45, 7) is 1.74. The second-order valence-electron chi connectivity index (χ2n) is 5.77. The third-order valence-corrected chi connectivity index (χ3v) is 3.73. The minimum Gasteiger partial charge on any atom is -0.489 e. The molecule has 2 rings (SSSR count). The Morgan fingerprint density at radius 1 is 1.12 bits per heavy atom. The number of hydrogen-bond acceptors (Lipinski definition) is 6. The molecule has 2 aromatic carbocycles. The summed E-state index contributed by atoms with van der Waals surface area (Å²) in [6, 6.07) is 12.7. The number of hydrogen-bond donors (Lipinski definition) is 3. The molecular weight excluding hydrogens is 336 g/mol. The second kappa shape index (κ2) is 8.87. The number of nitrogen functional groups attached to an aromatic ring is 1. The molecule has 0 aromatic heterocycles. The molecule has 0 fully saturated rings. The summed E-state index contributed by atoms with van der Waals surface area (Å²) in [6.07, 6.45) is -1.07. The molecule has 7 heteroatoms. The molecule has 0 aliphatic carbocycles. The summed E-state index contributed by atoms with van der Waals surface area (Å²) in [7, 11) is 1.19. The van der Waals surface area contributed by atoms with Gasteiger partial charge < -0.3 is 25.6 Å². The SMILES string of the molecule is COC(=O)[C@@H](NC(=O)c1ccc(COc2ccc(N)cc2)cc1)[C@@H](C)O. The van der Waals surface area contributed by atoms with Gasteiger partial charge in [0.05, 0.1) is 13.2 Å². The number of aliphatic hydroxyl groups is 1. The Bertz CT molecular complexity index is 742. The maximum Gasteiger partial charge on any atom is 0.331 e. The van der Waals surface area contributed by atoms with Gasteiger partial charge in [0, 0.05) is 11.3 Å². The summed E-state index contributed by atoms with van der Waals surface area (Å²) in [5.41, 5.74) is 7.51. The molecular formula is C19H22N2O5. The number of rotatable bonds is 7. The zero-order valence-corrected chi connectivity index (χ0v) is 14.6. The lowest BCUT2D eigenvalue weighted by atomic mass is 10.1. The van der Waals surface area contributed by atoms with Crippen LogP contribution in [0.25, 0.3) is 0 Å². The molecule has 0 radical (unpaired) electrons. The van der Waals surface area contributed by atoms with Gasteiger partial charge in [0.2, 0.25) is 0 Å². The molecule has 2 aromatic rings. The van der Waals surface area contributed by atoms with Gasteiger partial charge in [-0.2, -0.15) is 0 Å². The van der Waals surface area contributed by atoms with Crippen LogP contribution in [0, 0.1) is 0 Å². The van der Waals surface area contributed by atoms with E-state index in [1.54, 1.807) is 48.5 Å². The highest BCUT2D eigenvalue weighted by Gasteiger charge is 2.26. The molecule has 0 aliphatic heterocycles. The first-order chi connectivity index (χ1) is 12.4. The maximum atomic E-state index is 12.2. The highest BCUT2D eigenvalue weighted by Crippen LogP contribution is 2.15. The molecule has 0 spiro atoms. The van der Waals surface area contributed by atoms with E-state index in [9.17, 15) is 14.7 Å². The van der Waals surface area contributed by atoms with Crippen LogP contribution in [0.5, 0.6) is 5.75 Å². The monoisotopic (exact) mass is 358 g/mol. The van der Waals surface area contributed by atoms with Crippen LogP contribution in [0.1, 0.15) is 22.8 Å². The van der Waals surface area contributed by atoms with Crippen molar-refractivity contribution in [1.29, 1.82) is 0 Å². The van der Waals surface area contributed by atoms with Crippen molar-refractivity contribution >= 4 is 17.6 Å². The summed E-state index contributed by atoms with van der Waals surface area (Å²) in [5.74, 6) is -0.493. The molecule has 4 N–H and O–H groups in total. The van der Waals surface area contributed by atoms with E-state index >= 15 is 0 Å². The van der Waals surface area contributed by atoms with Crippen molar-refractivity contribution in [3.8, 4) is 5.75 Å². The molecule has 0 aliphatic rings. The number of esters is 1. The van der Waals surface area contributed by atoms with Gasteiger partial charge in [-0.05, 0) is 48.9 Å². The van der Waals surface area contributed by atoms with Crippen LogP contribution in [0.3, 0.4) is 0 Å². The van der Waals surface area contributed by atoms with Crippen LogP contribution < -0.4 is 15.8 Å². The van der Waals surface area contributed by atoms with Gasteiger partial charge in [-0.25, -0.2) is 4.79 Å². The van der Waals surface area contributed by atoms with E-state index in [4.69, 9.17) is 10.5 Å². The number of nitrogens with one attached hydrogen (secondary N) is 1. The fraction of sp³-hybridized carbons (Fsp3) is 0.263. The largest absolute Gasteiger partial charge is 0.489 e. The minimum absolute atomic E-state index is 0.338. The van der Waals surface area contributed by atoms with Gasteiger partial charge >= 0.3 is 5.97 Å². The van der Waals surface area contributed by atoms with Gasteiger partial charge in [0.15, 0.2) is 6.04 Å². The van der Waals surface area contributed by atoms with Crippen LogP contribution in [-0.4, -0.2) is 36.2 Å². The average Bonchev–Trinajstić information content (AvgIpc) is 2.65. The Morgan fingerprint density at radius 2 is 1.73 bits per heavy atom. The van der Waals surface area contributed by atoms with Crippen molar-refractivity contribution in [1.82, 2.24) is 5.32 Å². The number of nitrogens with two attached hydrogens (primary N) is 1. The van der Waals surface area contributed by atoms with E-state index in [0.29, 0.717) is 23.6 Å². The van der Waals surface area contributed by atoms with E-state index < -0.39 is 24.0 Å². The number of benzene rings is 2. The summed E-state index contributed by atoms with van der Waals surface area (Å²) in [4.78, 5) is 23.8. The second-order valence-corrected chi connectivity index (χ2v) is 5.77. The van der Waals surface area contributed by atoms with Crippen LogP contribution in [-0.2, 0) is 16.1 Å². The Balaban J connectivity index is 1.96. The molecule has 1 amide bonds. The normalized spacial score (nSPS) is 12.7. The Hall–Kier alpha value is -3.06. The molecule has 0 heterocycles. The zero-order valence-electron chi connectivity index (χ0n) is 14.6. The molecule has 138 valence electrons. The zero-order chi connectivity index (χ0) is 19.1. The number of methoxy groups -OCH3 is 1. The van der Waals surface area contributed by atoms with E-state index in [0.717, 1.165) is 5.56 Å². The first-order valence-corrected chi connectivity index (χ1v) is 8.04. The molecule has 7 nitrogen and oxygen atoms in total. The lowest BCUT2D eigenvalue weighted by Gasteiger charge is -2.19. The van der Waals surface area contributed by atoms with Gasteiger partial charge in [0.25, 0.3) is 5.91 Å². The average molecular weight is 358 g/mol. The van der Waals surface area contributed by atoms with E-state index in [2.05, 4.69) is 10.1 Å². The molecule has 0 saturated heterocycles. The smallest absolute Gasteiger partial charge is 0.331 e. The van der Waals surface area contributed by atoms with E-state index in [1.807, 2.05) is 0 Å². The first-order valence-electron chi connectivity index (χ1n) is 8.04. The van der Waals surface area contributed by atoms with E-state index in [-0.39, 0.29) is 0 Å². The Labute approximate surface area is 151 Å². The van der Waals surface area contributed by atoms with Crippen molar-refractivity contribution in [3.05, 3.63) is 59.7 Å². The predicted octanol–water partition coefficient (Wildman–Crippen LogP) is 1.50. The van der Waals surface area contributed by atoms with Crippen molar-refractivity contribution in [2.24, 2.45) is 0 Å². The van der Waals surface area contributed by atoms with Crippen molar-refractivity contribution in [2.75, 3.05) is 12.8 Å². The lowest BCUT2D eigenvalue weighted by molar-refractivity contribution is -0.145. The topological polar surface area (TPSA) is 111 Å². The molecule has 0 unspecified atom stereocenters. The molecule has 0 bridgehead atoms. The van der Waals surface area contributed by atoms with Gasteiger partial charge in [-0.15, -0.1) is 0 Å². The quantitative estimate of drug-likeness (QED) is 0.511. The minimum atomic E-state index is -1.12. The molecule has 0 saturated carbocycles. The van der Waals surface area contributed by atoms with Crippen LogP contribution in [0.2, 0.25) is 0 Å². The maximum absolute atomic E-state index is 12.2. The van der Waals surface area contributed by atoms with Gasteiger partial charge in [-0.3, -0.25) is 4.79 Å². The first kappa shape index (κ1) is 19.3. The van der Waals surface area contributed by atoms with Crippen LogP contribution in [0.4, 0.5) is 5.69 Å². The van der Waals surface area contributed by atoms with Crippen LogP contribution in [0.15, 0.2) is 48.5 Å². The van der Waals surface area contributed by atoms with Crippen LogP contribution >= 0.6 is 0 Å². The number of carbonyl (C=O) groups is 2. The highest BCUT2D eigenvalue weighted by molar-refractivity contribution is 5.96. The molecule has 26 heavy (non-hydrogen) atoms. The Kier molecular flexibility index (Phi) is 6.57. The third-order valence-electron chi connectivity index (χ3n) is 3.73. The fourth-order valence-corrected chi connectivity index (χ4v) is 2.21. The highest BCUT2D eigenvalue weighted by atomic mass is 16.5. The lowest BCUT2D eigenvalue weighted by Crippen LogP contribution is -2.48. The predicted molar refractivity (Wildman–Crippen MR) is 96.6 cm³/mol. The number of anilines is 1. The fourth-order valence-electron chi connectivity index (χ4n) is 2.21.